The fraction of sp³-hybridized carbons (Fsp3) is 0.684. The van der Waals surface area contributed by atoms with Crippen LogP contribution in [0.3, 0.4) is 0 Å². The molecular weight excluding hydrogens is 627 g/mol. The van der Waals surface area contributed by atoms with Gasteiger partial charge >= 0.3 is 56.4 Å². The average molecular weight is 644 g/mol. The van der Waals surface area contributed by atoms with Gasteiger partial charge in [0.25, 0.3) is 0 Å². The Kier molecular flexibility index (Phi) is 9.72. The van der Waals surface area contributed by atoms with Crippen molar-refractivity contribution in [1.29, 1.82) is 0 Å². The third-order valence-electron chi connectivity index (χ3n) is 5.69. The second-order valence-corrected chi connectivity index (χ2v) is 11.1. The SMILES string of the molecule is CO[Si](CCc1ccc(C(F)(F)C(F)(F)C(F)(F)C(F)(F)C(F)(F)C(F)(F)C(F)(F)C(F)(F)F)cc1)(OC)OC. The van der Waals surface area contributed by atoms with Gasteiger partial charge in [0.15, 0.2) is 0 Å². The van der Waals surface area contributed by atoms with Gasteiger partial charge in [-0.3, -0.25) is 0 Å². The van der Waals surface area contributed by atoms with E-state index in [0.717, 1.165) is 0 Å². The lowest BCUT2D eigenvalue weighted by Gasteiger charge is -2.42. The molecule has 1 aromatic carbocycles. The largest absolute Gasteiger partial charge is 0.500 e. The highest BCUT2D eigenvalue weighted by Gasteiger charge is 2.95. The lowest BCUT2D eigenvalue weighted by atomic mass is 9.87. The van der Waals surface area contributed by atoms with E-state index < -0.39 is 62.0 Å². The van der Waals surface area contributed by atoms with Crippen molar-refractivity contribution < 1.29 is 87.9 Å². The minimum atomic E-state index is -8.66. The van der Waals surface area contributed by atoms with E-state index in [1.165, 1.54) is 21.3 Å². The summed E-state index contributed by atoms with van der Waals surface area (Å²) < 4.78 is 243. The van der Waals surface area contributed by atoms with Crippen LogP contribution in [-0.4, -0.2) is 71.8 Å². The molecule has 3 nitrogen and oxygen atoms in total. The van der Waals surface area contributed by atoms with Gasteiger partial charge in [-0.05, 0) is 12.0 Å². The predicted molar refractivity (Wildman–Crippen MR) is 101 cm³/mol. The fourth-order valence-electron chi connectivity index (χ4n) is 3.08. The molecule has 0 N–H and O–H groups in total. The lowest BCUT2D eigenvalue weighted by Crippen LogP contribution is -2.74. The van der Waals surface area contributed by atoms with Crippen molar-refractivity contribution in [1.82, 2.24) is 0 Å². The molecule has 40 heavy (non-hydrogen) atoms. The van der Waals surface area contributed by atoms with Crippen molar-refractivity contribution in [2.24, 2.45) is 0 Å². The zero-order chi connectivity index (χ0) is 32.0. The molecule has 0 heterocycles. The molecule has 1 rings (SSSR count). The Morgan fingerprint density at radius 2 is 0.825 bits per heavy atom. The maximum Gasteiger partial charge on any atom is 0.500 e. The summed E-state index contributed by atoms with van der Waals surface area (Å²) in [5.41, 5.74) is -2.32. The zero-order valence-corrected chi connectivity index (χ0v) is 20.9. The normalized spacial score (nSPS) is 15.5. The van der Waals surface area contributed by atoms with E-state index in [9.17, 15) is 74.6 Å². The van der Waals surface area contributed by atoms with Crippen molar-refractivity contribution in [3.63, 3.8) is 0 Å². The second-order valence-electron chi connectivity index (χ2n) is 8.01. The molecule has 0 amide bonds. The molecule has 1 aromatic rings. The van der Waals surface area contributed by atoms with Crippen LogP contribution in [0.2, 0.25) is 6.04 Å². The van der Waals surface area contributed by atoms with Crippen LogP contribution in [0.15, 0.2) is 24.3 Å². The Balaban J connectivity index is 3.50. The number of halogens is 17. The standard InChI is InChI=1S/C19H17F17O3Si/c1-37-40(38-2,39-3)9-8-10-4-6-11(7-5-10)12(20,21)13(22,23)14(24,25)15(26,27)16(28,29)17(30,31)18(32,33)19(34,35)36/h4-7H,8-9H2,1-3H3. The number of benzene rings is 1. The molecule has 0 bridgehead atoms. The quantitative estimate of drug-likeness (QED) is 0.164. The van der Waals surface area contributed by atoms with E-state index in [4.69, 9.17) is 13.3 Å². The monoisotopic (exact) mass is 644 g/mol. The third kappa shape index (κ3) is 5.25. The van der Waals surface area contributed by atoms with E-state index in [1.54, 1.807) is 0 Å². The molecule has 0 saturated heterocycles. The van der Waals surface area contributed by atoms with Gasteiger partial charge in [-0.2, -0.15) is 74.6 Å². The molecule has 0 unspecified atom stereocenters. The van der Waals surface area contributed by atoms with Crippen molar-refractivity contribution >= 4 is 8.80 Å². The van der Waals surface area contributed by atoms with Gasteiger partial charge in [-0.15, -0.1) is 0 Å². The molecule has 0 aliphatic heterocycles. The van der Waals surface area contributed by atoms with Gasteiger partial charge in [0, 0.05) is 32.9 Å². The van der Waals surface area contributed by atoms with Crippen LogP contribution < -0.4 is 0 Å². The number of rotatable bonds is 13. The first-order valence-corrected chi connectivity index (χ1v) is 12.0. The Labute approximate surface area is 214 Å². The number of hydrogen-bond donors (Lipinski definition) is 0. The van der Waals surface area contributed by atoms with Crippen LogP contribution in [-0.2, 0) is 25.6 Å². The molecule has 21 heteroatoms. The lowest BCUT2D eigenvalue weighted by molar-refractivity contribution is -0.462. The van der Waals surface area contributed by atoms with Crippen LogP contribution in [0.25, 0.3) is 0 Å². The maximum atomic E-state index is 14.4. The first-order chi connectivity index (χ1) is 17.6. The van der Waals surface area contributed by atoms with Gasteiger partial charge in [-0.25, -0.2) is 0 Å². The van der Waals surface area contributed by atoms with E-state index in [-0.39, 0.29) is 30.2 Å². The Morgan fingerprint density at radius 3 is 1.15 bits per heavy atom. The Hall–Kier alpha value is -1.87. The summed E-state index contributed by atoms with van der Waals surface area (Å²) in [5.74, 6) is -56.7. The molecule has 0 saturated carbocycles. The van der Waals surface area contributed by atoms with Gasteiger partial charge in [0.2, 0.25) is 0 Å². The highest BCUT2D eigenvalue weighted by atomic mass is 28.4. The molecule has 234 valence electrons. The highest BCUT2D eigenvalue weighted by Crippen LogP contribution is 2.65. The van der Waals surface area contributed by atoms with Crippen LogP contribution in [0.4, 0.5) is 74.6 Å². The summed E-state index contributed by atoms with van der Waals surface area (Å²) in [6.45, 7) is 0. The summed E-state index contributed by atoms with van der Waals surface area (Å²) >= 11 is 0. The van der Waals surface area contributed by atoms with Crippen LogP contribution >= 0.6 is 0 Å². The fourth-order valence-corrected chi connectivity index (χ4v) is 4.79. The maximum absolute atomic E-state index is 14.4. The van der Waals surface area contributed by atoms with Crippen molar-refractivity contribution in [3.8, 4) is 0 Å². The van der Waals surface area contributed by atoms with E-state index in [1.807, 2.05) is 0 Å². The number of alkyl halides is 17. The molecule has 0 radical (unpaired) electrons. The summed E-state index contributed by atoms with van der Waals surface area (Å²) in [5, 5.41) is 0. The molecule has 0 spiro atoms. The van der Waals surface area contributed by atoms with Gasteiger partial charge in [0.1, 0.15) is 0 Å². The van der Waals surface area contributed by atoms with E-state index >= 15 is 0 Å². The molecule has 0 aromatic heterocycles. The predicted octanol–water partition coefficient (Wildman–Crippen LogP) is 7.57. The first kappa shape index (κ1) is 36.2. The molecule has 0 aliphatic rings. The van der Waals surface area contributed by atoms with E-state index in [0.29, 0.717) is 12.1 Å². The zero-order valence-electron chi connectivity index (χ0n) is 19.9. The highest BCUT2D eigenvalue weighted by molar-refractivity contribution is 6.60. The van der Waals surface area contributed by atoms with E-state index in [2.05, 4.69) is 0 Å². The van der Waals surface area contributed by atoms with Gasteiger partial charge < -0.3 is 13.3 Å². The minimum absolute atomic E-state index is 0.0384. The van der Waals surface area contributed by atoms with Crippen LogP contribution in [0.1, 0.15) is 11.1 Å². The Bertz CT molecular complexity index is 996. The summed E-state index contributed by atoms with van der Waals surface area (Å²) in [6, 6.07) is 0.860. The topological polar surface area (TPSA) is 27.7 Å². The number of hydrogen-bond acceptors (Lipinski definition) is 3. The Morgan fingerprint density at radius 1 is 0.500 bits per heavy atom. The van der Waals surface area contributed by atoms with Gasteiger partial charge in [0.05, 0.1) is 0 Å². The van der Waals surface area contributed by atoms with Crippen molar-refractivity contribution in [2.45, 2.75) is 60.1 Å². The summed E-state index contributed by atoms with van der Waals surface area (Å²) in [6.07, 6.45) is -7.97. The molecule has 0 atom stereocenters. The van der Waals surface area contributed by atoms with Crippen molar-refractivity contribution in [2.75, 3.05) is 21.3 Å². The molecule has 0 aliphatic carbocycles. The minimum Gasteiger partial charge on any atom is -0.377 e. The molecular formula is C19H17F17O3Si. The van der Waals surface area contributed by atoms with Crippen molar-refractivity contribution in [3.05, 3.63) is 35.4 Å². The summed E-state index contributed by atoms with van der Waals surface area (Å²) in [4.78, 5) is 0. The number of aryl methyl sites for hydroxylation is 1. The average Bonchev–Trinajstić information content (AvgIpc) is 2.84. The first-order valence-electron chi connectivity index (χ1n) is 10.1. The van der Waals surface area contributed by atoms with Crippen LogP contribution in [0, 0.1) is 0 Å². The van der Waals surface area contributed by atoms with Gasteiger partial charge in [-0.1, -0.05) is 24.3 Å². The van der Waals surface area contributed by atoms with Crippen LogP contribution in [0.5, 0.6) is 0 Å². The summed E-state index contributed by atoms with van der Waals surface area (Å²) in [7, 11) is 0.222. The third-order valence-corrected chi connectivity index (χ3v) is 8.42. The molecule has 0 fully saturated rings. The second kappa shape index (κ2) is 10.8. The smallest absolute Gasteiger partial charge is 0.377 e.